The Labute approximate surface area is 129 Å². The van der Waals surface area contributed by atoms with Crippen molar-refractivity contribution in [2.45, 2.75) is 20.8 Å². The molecule has 6 heteroatoms. The molecule has 1 aromatic heterocycles. The molecule has 0 bridgehead atoms. The molecule has 1 aliphatic heterocycles. The summed E-state index contributed by atoms with van der Waals surface area (Å²) in [4.78, 5) is 32.0. The summed E-state index contributed by atoms with van der Waals surface area (Å²) in [7, 11) is 0. The van der Waals surface area contributed by atoms with Gasteiger partial charge in [-0.25, -0.2) is 4.98 Å². The molecule has 0 radical (unpaired) electrons. The Morgan fingerprint density at radius 3 is 2.24 bits per heavy atom. The van der Waals surface area contributed by atoms with Gasteiger partial charge in [0.1, 0.15) is 5.15 Å². The molecule has 5 nitrogen and oxygen atoms in total. The molecule has 0 atom stereocenters. The number of aryl methyl sites for hydroxylation is 1. The molecular weight excluding hydrogens is 290 g/mol. The SMILES string of the molecule is Cc1cc(C(=O)N2CCN(C(=O)C(C)C)CC2)cc(Cl)n1. The van der Waals surface area contributed by atoms with Gasteiger partial charge in [-0.3, -0.25) is 9.59 Å². The fourth-order valence-electron chi connectivity index (χ4n) is 2.43. The van der Waals surface area contributed by atoms with Crippen LogP contribution >= 0.6 is 11.6 Å². The molecule has 2 amide bonds. The molecule has 0 N–H and O–H groups in total. The van der Waals surface area contributed by atoms with E-state index in [9.17, 15) is 9.59 Å². The second-order valence-electron chi connectivity index (χ2n) is 5.59. The van der Waals surface area contributed by atoms with Gasteiger partial charge in [-0.15, -0.1) is 0 Å². The molecule has 2 rings (SSSR count). The summed E-state index contributed by atoms with van der Waals surface area (Å²) in [6, 6.07) is 3.32. The third-order valence-electron chi connectivity index (χ3n) is 3.54. The highest BCUT2D eigenvalue weighted by atomic mass is 35.5. The van der Waals surface area contributed by atoms with Gasteiger partial charge in [0.15, 0.2) is 0 Å². The molecular formula is C15H20ClN3O2. The van der Waals surface area contributed by atoms with Crippen LogP contribution in [0, 0.1) is 12.8 Å². The van der Waals surface area contributed by atoms with Crippen LogP contribution in [0.1, 0.15) is 29.9 Å². The predicted octanol–water partition coefficient (Wildman–Crippen LogP) is 1.98. The van der Waals surface area contributed by atoms with E-state index in [0.717, 1.165) is 5.69 Å². The minimum atomic E-state index is -0.0564. The first-order valence-electron chi connectivity index (χ1n) is 7.10. The lowest BCUT2D eigenvalue weighted by Gasteiger charge is -2.35. The van der Waals surface area contributed by atoms with Crippen molar-refractivity contribution in [2.24, 2.45) is 5.92 Å². The predicted molar refractivity (Wildman–Crippen MR) is 81.3 cm³/mol. The number of amides is 2. The van der Waals surface area contributed by atoms with Crippen LogP contribution in [-0.4, -0.2) is 52.8 Å². The third kappa shape index (κ3) is 3.73. The maximum atomic E-state index is 12.5. The highest BCUT2D eigenvalue weighted by Gasteiger charge is 2.26. The van der Waals surface area contributed by atoms with Gasteiger partial charge in [0.2, 0.25) is 5.91 Å². The number of hydrogen-bond acceptors (Lipinski definition) is 3. The first kappa shape index (κ1) is 15.8. The summed E-state index contributed by atoms with van der Waals surface area (Å²) >= 11 is 5.90. The van der Waals surface area contributed by atoms with Gasteiger partial charge in [0.25, 0.3) is 5.91 Å². The minimum absolute atomic E-state index is 0.00564. The van der Waals surface area contributed by atoms with Crippen molar-refractivity contribution in [3.63, 3.8) is 0 Å². The zero-order valence-electron chi connectivity index (χ0n) is 12.6. The number of halogens is 1. The van der Waals surface area contributed by atoms with Crippen molar-refractivity contribution < 1.29 is 9.59 Å². The molecule has 0 spiro atoms. The molecule has 0 unspecified atom stereocenters. The third-order valence-corrected chi connectivity index (χ3v) is 3.74. The van der Waals surface area contributed by atoms with E-state index in [2.05, 4.69) is 4.98 Å². The fraction of sp³-hybridized carbons (Fsp3) is 0.533. The van der Waals surface area contributed by atoms with E-state index >= 15 is 0 Å². The first-order valence-corrected chi connectivity index (χ1v) is 7.48. The van der Waals surface area contributed by atoms with E-state index in [1.165, 1.54) is 0 Å². The monoisotopic (exact) mass is 309 g/mol. The number of aromatic nitrogens is 1. The van der Waals surface area contributed by atoms with Crippen LogP contribution in [0.5, 0.6) is 0 Å². The van der Waals surface area contributed by atoms with Crippen molar-refractivity contribution >= 4 is 23.4 Å². The number of carbonyl (C=O) groups excluding carboxylic acids is 2. The van der Waals surface area contributed by atoms with Crippen LogP contribution in [-0.2, 0) is 4.79 Å². The quantitative estimate of drug-likeness (QED) is 0.785. The Kier molecular flexibility index (Phi) is 4.83. The molecule has 0 aromatic carbocycles. The number of nitrogens with zero attached hydrogens (tertiary/aromatic N) is 3. The van der Waals surface area contributed by atoms with Gasteiger partial charge in [-0.1, -0.05) is 25.4 Å². The van der Waals surface area contributed by atoms with E-state index in [-0.39, 0.29) is 17.7 Å². The summed E-state index contributed by atoms with van der Waals surface area (Å²) in [6.45, 7) is 7.86. The van der Waals surface area contributed by atoms with Crippen molar-refractivity contribution in [3.8, 4) is 0 Å². The fourth-order valence-corrected chi connectivity index (χ4v) is 2.68. The van der Waals surface area contributed by atoms with E-state index < -0.39 is 0 Å². The topological polar surface area (TPSA) is 53.5 Å². The second kappa shape index (κ2) is 6.43. The molecule has 0 saturated carbocycles. The van der Waals surface area contributed by atoms with Gasteiger partial charge in [0, 0.05) is 43.4 Å². The Balaban J connectivity index is 2.02. The molecule has 1 aliphatic rings. The highest BCUT2D eigenvalue weighted by molar-refractivity contribution is 6.29. The average molecular weight is 310 g/mol. The van der Waals surface area contributed by atoms with Crippen LogP contribution in [0.25, 0.3) is 0 Å². The van der Waals surface area contributed by atoms with Crippen molar-refractivity contribution in [1.82, 2.24) is 14.8 Å². The Morgan fingerprint density at radius 1 is 1.14 bits per heavy atom. The molecule has 114 valence electrons. The van der Waals surface area contributed by atoms with Crippen molar-refractivity contribution in [3.05, 3.63) is 28.5 Å². The number of pyridine rings is 1. The zero-order chi connectivity index (χ0) is 15.6. The van der Waals surface area contributed by atoms with Gasteiger partial charge < -0.3 is 9.80 Å². The second-order valence-corrected chi connectivity index (χ2v) is 5.98. The van der Waals surface area contributed by atoms with Crippen LogP contribution in [0.3, 0.4) is 0 Å². The highest BCUT2D eigenvalue weighted by Crippen LogP contribution is 2.15. The maximum absolute atomic E-state index is 12.5. The van der Waals surface area contributed by atoms with Gasteiger partial charge in [-0.2, -0.15) is 0 Å². The summed E-state index contributed by atoms with van der Waals surface area (Å²) in [5.74, 6) is 0.0813. The number of piperazine rings is 1. The van der Waals surface area contributed by atoms with E-state index in [0.29, 0.717) is 36.9 Å². The van der Waals surface area contributed by atoms with Gasteiger partial charge in [-0.05, 0) is 19.1 Å². The zero-order valence-corrected chi connectivity index (χ0v) is 13.4. The normalized spacial score (nSPS) is 15.5. The molecule has 21 heavy (non-hydrogen) atoms. The number of hydrogen-bond donors (Lipinski definition) is 0. The van der Waals surface area contributed by atoms with Gasteiger partial charge in [0.05, 0.1) is 0 Å². The Morgan fingerprint density at radius 2 is 1.71 bits per heavy atom. The van der Waals surface area contributed by atoms with Crippen molar-refractivity contribution in [1.29, 1.82) is 0 Å². The Hall–Kier alpha value is -1.62. The van der Waals surface area contributed by atoms with E-state index in [1.54, 1.807) is 17.0 Å². The lowest BCUT2D eigenvalue weighted by atomic mass is 10.1. The smallest absolute Gasteiger partial charge is 0.254 e. The molecule has 1 aromatic rings. The Bertz CT molecular complexity index is 532. The van der Waals surface area contributed by atoms with E-state index in [4.69, 9.17) is 11.6 Å². The number of carbonyl (C=O) groups is 2. The minimum Gasteiger partial charge on any atom is -0.339 e. The first-order chi connectivity index (χ1) is 9.88. The molecule has 1 fully saturated rings. The largest absolute Gasteiger partial charge is 0.339 e. The van der Waals surface area contributed by atoms with Crippen LogP contribution in [0.4, 0.5) is 0 Å². The summed E-state index contributed by atoms with van der Waals surface area (Å²) in [5, 5.41) is 0.326. The lowest BCUT2D eigenvalue weighted by molar-refractivity contribution is -0.135. The molecule has 0 aliphatic carbocycles. The van der Waals surface area contributed by atoms with Gasteiger partial charge >= 0.3 is 0 Å². The standard InChI is InChI=1S/C15H20ClN3O2/c1-10(2)14(20)18-4-6-19(7-5-18)15(21)12-8-11(3)17-13(16)9-12/h8-10H,4-7H2,1-3H3. The van der Waals surface area contributed by atoms with Crippen LogP contribution in [0.15, 0.2) is 12.1 Å². The molecule has 1 saturated heterocycles. The lowest BCUT2D eigenvalue weighted by Crippen LogP contribution is -2.51. The van der Waals surface area contributed by atoms with Crippen LogP contribution in [0.2, 0.25) is 5.15 Å². The van der Waals surface area contributed by atoms with Crippen molar-refractivity contribution in [2.75, 3.05) is 26.2 Å². The van der Waals surface area contributed by atoms with E-state index in [1.807, 2.05) is 25.7 Å². The number of rotatable bonds is 2. The summed E-state index contributed by atoms with van der Waals surface area (Å²) < 4.78 is 0. The average Bonchev–Trinajstić information content (AvgIpc) is 2.44. The van der Waals surface area contributed by atoms with Crippen LogP contribution < -0.4 is 0 Å². The molecule has 2 heterocycles. The summed E-state index contributed by atoms with van der Waals surface area (Å²) in [5.41, 5.74) is 1.27. The summed E-state index contributed by atoms with van der Waals surface area (Å²) in [6.07, 6.45) is 0. The maximum Gasteiger partial charge on any atom is 0.254 e.